The van der Waals surface area contributed by atoms with Crippen LogP contribution >= 0.6 is 11.6 Å². The molecule has 6 nitrogen and oxygen atoms in total. The van der Waals surface area contributed by atoms with Crippen LogP contribution in [0.25, 0.3) is 0 Å². The number of amides is 2. The van der Waals surface area contributed by atoms with Crippen molar-refractivity contribution in [3.63, 3.8) is 0 Å². The van der Waals surface area contributed by atoms with Crippen LogP contribution in [0.15, 0.2) is 36.4 Å². The van der Waals surface area contributed by atoms with Gasteiger partial charge < -0.3 is 20.5 Å². The highest BCUT2D eigenvalue weighted by atomic mass is 35.5. The van der Waals surface area contributed by atoms with Crippen molar-refractivity contribution in [2.45, 2.75) is 26.2 Å². The number of ether oxygens (including phenoxy) is 2. The molecule has 0 bridgehead atoms. The van der Waals surface area contributed by atoms with Crippen molar-refractivity contribution >= 4 is 29.1 Å². The molecule has 0 saturated carbocycles. The van der Waals surface area contributed by atoms with Gasteiger partial charge >= 0.3 is 0 Å². The molecule has 0 spiro atoms. The Balaban J connectivity index is 2.21. The van der Waals surface area contributed by atoms with Gasteiger partial charge in [-0.1, -0.05) is 44.5 Å². The summed E-state index contributed by atoms with van der Waals surface area (Å²) in [6.07, 6.45) is 0. The Bertz CT molecular complexity index is 842. The van der Waals surface area contributed by atoms with Crippen LogP contribution in [-0.2, 0) is 10.2 Å². The zero-order chi connectivity index (χ0) is 20.2. The van der Waals surface area contributed by atoms with E-state index in [0.717, 1.165) is 0 Å². The lowest BCUT2D eigenvalue weighted by Gasteiger charge is -2.19. The van der Waals surface area contributed by atoms with Gasteiger partial charge in [-0.05, 0) is 35.2 Å². The molecule has 7 heteroatoms. The molecular weight excluding hydrogens is 368 g/mol. The third-order valence-electron chi connectivity index (χ3n) is 3.86. The van der Waals surface area contributed by atoms with Gasteiger partial charge in [-0.3, -0.25) is 9.59 Å². The van der Waals surface area contributed by atoms with Crippen LogP contribution < -0.4 is 20.5 Å². The van der Waals surface area contributed by atoms with Gasteiger partial charge in [0.05, 0.1) is 12.1 Å². The largest absolute Gasteiger partial charge is 0.493 e. The van der Waals surface area contributed by atoms with Crippen molar-refractivity contribution < 1.29 is 19.1 Å². The fourth-order valence-electron chi connectivity index (χ4n) is 2.39. The summed E-state index contributed by atoms with van der Waals surface area (Å²) in [5.41, 5.74) is 7.23. The number of methoxy groups -OCH3 is 1. The normalized spacial score (nSPS) is 11.0. The number of halogens is 1. The topological polar surface area (TPSA) is 90.7 Å². The van der Waals surface area contributed by atoms with Crippen molar-refractivity contribution in [1.82, 2.24) is 0 Å². The molecule has 2 amide bonds. The molecule has 0 saturated heterocycles. The van der Waals surface area contributed by atoms with Gasteiger partial charge in [0.2, 0.25) is 0 Å². The molecule has 0 aliphatic heterocycles. The minimum absolute atomic E-state index is 0.0319. The molecule has 27 heavy (non-hydrogen) atoms. The Kier molecular flexibility index (Phi) is 6.33. The van der Waals surface area contributed by atoms with E-state index in [1.807, 2.05) is 24.3 Å². The van der Waals surface area contributed by atoms with Crippen molar-refractivity contribution in [3.05, 3.63) is 52.5 Å². The Hall–Kier alpha value is -2.73. The highest BCUT2D eigenvalue weighted by molar-refractivity contribution is 6.32. The van der Waals surface area contributed by atoms with Gasteiger partial charge in [0, 0.05) is 11.3 Å². The lowest BCUT2D eigenvalue weighted by atomic mass is 9.87. The van der Waals surface area contributed by atoms with Crippen molar-refractivity contribution in [3.8, 4) is 11.5 Å². The highest BCUT2D eigenvalue weighted by Gasteiger charge is 2.17. The first kappa shape index (κ1) is 20.6. The SMILES string of the molecule is COc1cc(C(=O)Nc2ccc(C(C)(C)C)cc2)cc(Cl)c1OCC(N)=O. The molecule has 0 fully saturated rings. The fourth-order valence-corrected chi connectivity index (χ4v) is 2.66. The number of anilines is 1. The van der Waals surface area contributed by atoms with Gasteiger partial charge in [0.1, 0.15) is 0 Å². The molecule has 0 aliphatic rings. The Labute approximate surface area is 163 Å². The lowest BCUT2D eigenvalue weighted by Crippen LogP contribution is -2.20. The van der Waals surface area contributed by atoms with E-state index in [-0.39, 0.29) is 34.5 Å². The van der Waals surface area contributed by atoms with Gasteiger partial charge in [0.25, 0.3) is 11.8 Å². The number of primary amides is 1. The van der Waals surface area contributed by atoms with Crippen LogP contribution in [-0.4, -0.2) is 25.5 Å². The molecule has 0 unspecified atom stereocenters. The maximum atomic E-state index is 12.6. The molecule has 2 rings (SSSR count). The predicted octanol–water partition coefficient (Wildman–Crippen LogP) is 3.76. The maximum absolute atomic E-state index is 12.6. The Morgan fingerprint density at radius 3 is 2.30 bits per heavy atom. The fraction of sp³-hybridized carbons (Fsp3) is 0.300. The van der Waals surface area contributed by atoms with Crippen LogP contribution in [0.4, 0.5) is 5.69 Å². The first-order valence-electron chi connectivity index (χ1n) is 8.32. The summed E-state index contributed by atoms with van der Waals surface area (Å²) in [7, 11) is 1.41. The van der Waals surface area contributed by atoms with Crippen LogP contribution in [0.3, 0.4) is 0 Å². The average Bonchev–Trinajstić information content (AvgIpc) is 2.59. The number of hydrogen-bond donors (Lipinski definition) is 2. The van der Waals surface area contributed by atoms with Crippen molar-refractivity contribution in [2.75, 3.05) is 19.0 Å². The van der Waals surface area contributed by atoms with Gasteiger partial charge in [-0.15, -0.1) is 0 Å². The molecule has 3 N–H and O–H groups in total. The summed E-state index contributed by atoms with van der Waals surface area (Å²) in [5, 5.41) is 2.96. The minimum atomic E-state index is -0.645. The maximum Gasteiger partial charge on any atom is 0.255 e. The third kappa shape index (κ3) is 5.37. The van der Waals surface area contributed by atoms with E-state index >= 15 is 0 Å². The summed E-state index contributed by atoms with van der Waals surface area (Å²) in [5.74, 6) is -0.602. The van der Waals surface area contributed by atoms with Crippen LogP contribution in [0.2, 0.25) is 5.02 Å². The average molecular weight is 391 g/mol. The Morgan fingerprint density at radius 1 is 1.15 bits per heavy atom. The number of nitrogens with one attached hydrogen (secondary N) is 1. The summed E-state index contributed by atoms with van der Waals surface area (Å²) in [6, 6.07) is 10.6. The van der Waals surface area contributed by atoms with Gasteiger partial charge in [-0.25, -0.2) is 0 Å². The van der Waals surface area contributed by atoms with E-state index in [1.54, 1.807) is 0 Å². The van der Waals surface area contributed by atoms with Crippen LogP contribution in [0.1, 0.15) is 36.7 Å². The number of hydrogen-bond acceptors (Lipinski definition) is 4. The van der Waals surface area contributed by atoms with E-state index in [2.05, 4.69) is 26.1 Å². The van der Waals surface area contributed by atoms with E-state index in [9.17, 15) is 9.59 Å². The molecule has 2 aromatic carbocycles. The standard InChI is InChI=1S/C20H23ClN2O4/c1-20(2,3)13-5-7-14(8-6-13)23-19(25)12-9-15(21)18(16(10-12)26-4)27-11-17(22)24/h5-10H,11H2,1-4H3,(H2,22,24)(H,23,25). The second-order valence-electron chi connectivity index (χ2n) is 7.03. The van der Waals surface area contributed by atoms with Crippen LogP contribution in [0, 0.1) is 0 Å². The number of carbonyl (C=O) groups is 2. The molecule has 0 heterocycles. The molecule has 0 atom stereocenters. The van der Waals surface area contributed by atoms with Crippen molar-refractivity contribution in [1.29, 1.82) is 0 Å². The van der Waals surface area contributed by atoms with Crippen molar-refractivity contribution in [2.24, 2.45) is 5.73 Å². The lowest BCUT2D eigenvalue weighted by molar-refractivity contribution is -0.119. The second-order valence-corrected chi connectivity index (χ2v) is 7.43. The first-order chi connectivity index (χ1) is 12.6. The summed E-state index contributed by atoms with van der Waals surface area (Å²) in [6.45, 7) is 6.02. The van der Waals surface area contributed by atoms with Gasteiger partial charge in [0.15, 0.2) is 18.1 Å². The zero-order valence-electron chi connectivity index (χ0n) is 15.8. The molecule has 0 aliphatic carbocycles. The quantitative estimate of drug-likeness (QED) is 0.785. The number of carbonyl (C=O) groups excluding carboxylic acids is 2. The second kappa shape index (κ2) is 8.31. The van der Waals surface area contributed by atoms with E-state index in [4.69, 9.17) is 26.8 Å². The zero-order valence-corrected chi connectivity index (χ0v) is 16.5. The number of rotatable bonds is 6. The summed E-state index contributed by atoms with van der Waals surface area (Å²) < 4.78 is 10.5. The van der Waals surface area contributed by atoms with E-state index < -0.39 is 5.91 Å². The monoisotopic (exact) mass is 390 g/mol. The third-order valence-corrected chi connectivity index (χ3v) is 4.14. The summed E-state index contributed by atoms with van der Waals surface area (Å²) >= 11 is 6.18. The number of benzene rings is 2. The number of nitrogens with two attached hydrogens (primary N) is 1. The smallest absolute Gasteiger partial charge is 0.255 e. The predicted molar refractivity (Wildman–Crippen MR) is 106 cm³/mol. The molecule has 0 aromatic heterocycles. The molecular formula is C20H23ClN2O4. The first-order valence-corrected chi connectivity index (χ1v) is 8.70. The summed E-state index contributed by atoms with van der Waals surface area (Å²) in [4.78, 5) is 23.5. The van der Waals surface area contributed by atoms with Gasteiger partial charge in [-0.2, -0.15) is 0 Å². The van der Waals surface area contributed by atoms with Crippen LogP contribution in [0.5, 0.6) is 11.5 Å². The molecule has 2 aromatic rings. The Morgan fingerprint density at radius 2 is 1.78 bits per heavy atom. The highest BCUT2D eigenvalue weighted by Crippen LogP contribution is 2.36. The molecule has 0 radical (unpaired) electrons. The minimum Gasteiger partial charge on any atom is -0.493 e. The molecule has 144 valence electrons. The van der Waals surface area contributed by atoms with E-state index in [0.29, 0.717) is 11.3 Å². The van der Waals surface area contributed by atoms with E-state index in [1.165, 1.54) is 24.8 Å².